The van der Waals surface area contributed by atoms with E-state index in [-0.39, 0.29) is 22.0 Å². The van der Waals surface area contributed by atoms with Crippen LogP contribution >= 0.6 is 11.6 Å². The molecule has 1 aliphatic heterocycles. The molecule has 0 bridgehead atoms. The van der Waals surface area contributed by atoms with Crippen molar-refractivity contribution in [3.8, 4) is 0 Å². The highest BCUT2D eigenvalue weighted by Gasteiger charge is 2.33. The first-order valence-corrected chi connectivity index (χ1v) is 4.64. The number of ketones is 1. The van der Waals surface area contributed by atoms with Gasteiger partial charge in [0.05, 0.1) is 16.2 Å². The van der Waals surface area contributed by atoms with Crippen molar-refractivity contribution in [1.82, 2.24) is 0 Å². The van der Waals surface area contributed by atoms with Crippen molar-refractivity contribution in [3.05, 3.63) is 32.3 Å². The Hall–Kier alpha value is -1.95. The number of rotatable bonds is 1. The molecule has 2 rings (SSSR count). The van der Waals surface area contributed by atoms with Crippen LogP contribution in [0.5, 0.6) is 0 Å². The lowest BCUT2D eigenvalue weighted by Crippen LogP contribution is -2.12. The quantitative estimate of drug-likeness (QED) is 0.459. The highest BCUT2D eigenvalue weighted by molar-refractivity contribution is 6.52. The summed E-state index contributed by atoms with van der Waals surface area (Å²) in [5.41, 5.74) is 0.206. The number of nitro benzene ring substituents is 1. The van der Waals surface area contributed by atoms with Crippen LogP contribution < -0.4 is 5.32 Å². The predicted molar refractivity (Wildman–Crippen MR) is 55.8 cm³/mol. The number of nitro groups is 1. The Kier molecular flexibility index (Phi) is 2.16. The first kappa shape index (κ1) is 10.6. The van der Waals surface area contributed by atoms with Crippen LogP contribution in [0.4, 0.5) is 11.4 Å². The third-order valence-corrected chi connectivity index (χ3v) is 2.84. The van der Waals surface area contributed by atoms with Gasteiger partial charge in [0.1, 0.15) is 5.02 Å². The van der Waals surface area contributed by atoms with Gasteiger partial charge in [-0.05, 0) is 12.5 Å². The number of amides is 1. The van der Waals surface area contributed by atoms with Crippen LogP contribution in [0.15, 0.2) is 6.07 Å². The fourth-order valence-corrected chi connectivity index (χ4v) is 1.76. The Morgan fingerprint density at radius 3 is 2.62 bits per heavy atom. The summed E-state index contributed by atoms with van der Waals surface area (Å²) in [4.78, 5) is 32.4. The number of carbonyl (C=O) groups excluding carboxylic acids is 2. The van der Waals surface area contributed by atoms with Crippen molar-refractivity contribution in [2.45, 2.75) is 6.92 Å². The average molecular weight is 241 g/mol. The number of benzene rings is 1. The van der Waals surface area contributed by atoms with E-state index in [0.717, 1.165) is 6.07 Å². The van der Waals surface area contributed by atoms with E-state index in [4.69, 9.17) is 11.6 Å². The van der Waals surface area contributed by atoms with Crippen molar-refractivity contribution in [3.63, 3.8) is 0 Å². The number of anilines is 1. The van der Waals surface area contributed by atoms with Crippen LogP contribution in [0, 0.1) is 17.0 Å². The van der Waals surface area contributed by atoms with Crippen LogP contribution in [0.2, 0.25) is 5.02 Å². The van der Waals surface area contributed by atoms with Crippen molar-refractivity contribution in [2.75, 3.05) is 5.32 Å². The van der Waals surface area contributed by atoms with Gasteiger partial charge in [-0.25, -0.2) is 0 Å². The summed E-state index contributed by atoms with van der Waals surface area (Å²) >= 11 is 5.76. The number of carbonyl (C=O) groups is 2. The molecule has 0 saturated heterocycles. The van der Waals surface area contributed by atoms with Gasteiger partial charge in [-0.3, -0.25) is 19.7 Å². The van der Waals surface area contributed by atoms with E-state index in [1.54, 1.807) is 0 Å². The molecule has 16 heavy (non-hydrogen) atoms. The van der Waals surface area contributed by atoms with Crippen LogP contribution in [0.1, 0.15) is 15.9 Å². The van der Waals surface area contributed by atoms with Gasteiger partial charge >= 0.3 is 0 Å². The molecule has 0 unspecified atom stereocenters. The smallest absolute Gasteiger partial charge is 0.296 e. The van der Waals surface area contributed by atoms with Gasteiger partial charge in [0.2, 0.25) is 0 Å². The Morgan fingerprint density at radius 2 is 2.06 bits per heavy atom. The molecule has 82 valence electrons. The van der Waals surface area contributed by atoms with Gasteiger partial charge in [-0.2, -0.15) is 0 Å². The minimum absolute atomic E-state index is 0.00130. The number of nitrogens with one attached hydrogen (secondary N) is 1. The highest BCUT2D eigenvalue weighted by atomic mass is 35.5. The van der Waals surface area contributed by atoms with Crippen LogP contribution in [-0.2, 0) is 4.79 Å². The average Bonchev–Trinajstić information content (AvgIpc) is 2.50. The number of Topliss-reactive ketones (excluding diaryl/α,β-unsaturated/α-hetero) is 1. The van der Waals surface area contributed by atoms with E-state index < -0.39 is 16.6 Å². The van der Waals surface area contributed by atoms with E-state index in [1.807, 2.05) is 0 Å². The summed E-state index contributed by atoms with van der Waals surface area (Å²) < 4.78 is 0. The zero-order valence-corrected chi connectivity index (χ0v) is 8.79. The second-order valence-corrected chi connectivity index (χ2v) is 3.68. The van der Waals surface area contributed by atoms with Crippen molar-refractivity contribution < 1.29 is 14.5 Å². The molecule has 1 aromatic rings. The predicted octanol–water partition coefficient (Wildman–Crippen LogP) is 1.69. The first-order valence-electron chi connectivity index (χ1n) is 4.26. The van der Waals surface area contributed by atoms with Crippen molar-refractivity contribution >= 4 is 34.7 Å². The zero-order chi connectivity index (χ0) is 12.0. The highest BCUT2D eigenvalue weighted by Crippen LogP contribution is 2.38. The molecule has 6 nitrogen and oxygen atoms in total. The third kappa shape index (κ3) is 1.27. The summed E-state index contributed by atoms with van der Waals surface area (Å²) in [6, 6.07) is 1.02. The Labute approximate surface area is 94.3 Å². The molecular weight excluding hydrogens is 236 g/mol. The second-order valence-electron chi connectivity index (χ2n) is 3.30. The Balaban J connectivity index is 2.76. The monoisotopic (exact) mass is 240 g/mol. The van der Waals surface area contributed by atoms with Gasteiger partial charge in [0, 0.05) is 6.07 Å². The molecule has 7 heteroatoms. The lowest BCUT2D eigenvalue weighted by atomic mass is 10.1. The maximum atomic E-state index is 11.4. The molecule has 1 aliphatic rings. The molecule has 0 radical (unpaired) electrons. The van der Waals surface area contributed by atoms with Gasteiger partial charge < -0.3 is 5.32 Å². The standard InChI is InChI=1S/C9H5ClN2O4/c1-3-6(10)5(12(15)16)2-4-7(3)11-9(14)8(4)13/h2H,1H3,(H,11,13,14). The third-order valence-electron chi connectivity index (χ3n) is 2.37. The van der Waals surface area contributed by atoms with Gasteiger partial charge in [0.25, 0.3) is 17.4 Å². The number of halogens is 1. The van der Waals surface area contributed by atoms with Crippen LogP contribution in [0.25, 0.3) is 0 Å². The molecular formula is C9H5ClN2O4. The number of hydrogen-bond acceptors (Lipinski definition) is 4. The molecule has 1 amide bonds. The summed E-state index contributed by atoms with van der Waals surface area (Å²) in [6.07, 6.45) is 0. The molecule has 1 heterocycles. The molecule has 0 spiro atoms. The van der Waals surface area contributed by atoms with Gasteiger partial charge in [-0.1, -0.05) is 11.6 Å². The van der Waals surface area contributed by atoms with Crippen molar-refractivity contribution in [2.24, 2.45) is 0 Å². The fourth-order valence-electron chi connectivity index (χ4n) is 1.54. The van der Waals surface area contributed by atoms with Gasteiger partial charge in [0.15, 0.2) is 0 Å². The lowest BCUT2D eigenvalue weighted by molar-refractivity contribution is -0.384. The topological polar surface area (TPSA) is 89.3 Å². The van der Waals surface area contributed by atoms with Crippen LogP contribution in [0.3, 0.4) is 0 Å². The van der Waals surface area contributed by atoms with Gasteiger partial charge in [-0.15, -0.1) is 0 Å². The fraction of sp³-hybridized carbons (Fsp3) is 0.111. The number of hydrogen-bond donors (Lipinski definition) is 1. The second kappa shape index (κ2) is 3.28. The molecule has 1 N–H and O–H groups in total. The van der Waals surface area contributed by atoms with E-state index >= 15 is 0 Å². The van der Waals surface area contributed by atoms with Crippen LogP contribution in [-0.4, -0.2) is 16.6 Å². The van der Waals surface area contributed by atoms with Crippen molar-refractivity contribution in [1.29, 1.82) is 0 Å². The molecule has 0 aromatic heterocycles. The summed E-state index contributed by atoms with van der Waals surface area (Å²) in [7, 11) is 0. The molecule has 1 aromatic carbocycles. The molecule has 0 fully saturated rings. The maximum absolute atomic E-state index is 11.4. The maximum Gasteiger partial charge on any atom is 0.296 e. The summed E-state index contributed by atoms with van der Waals surface area (Å²) in [6.45, 7) is 1.51. The van der Waals surface area contributed by atoms with E-state index in [2.05, 4.69) is 5.32 Å². The largest absolute Gasteiger partial charge is 0.318 e. The molecule has 0 aliphatic carbocycles. The lowest BCUT2D eigenvalue weighted by Gasteiger charge is -2.05. The number of nitrogens with zero attached hydrogens (tertiary/aromatic N) is 1. The molecule has 0 atom stereocenters. The van der Waals surface area contributed by atoms with E-state index in [9.17, 15) is 19.7 Å². The minimum atomic E-state index is -0.797. The first-order chi connectivity index (χ1) is 7.43. The SMILES string of the molecule is Cc1c(Cl)c([N+](=O)[O-])cc2c1NC(=O)C2=O. The van der Waals surface area contributed by atoms with E-state index in [0.29, 0.717) is 5.56 Å². The normalized spacial score (nSPS) is 13.6. The summed E-state index contributed by atoms with van der Waals surface area (Å²) in [5.74, 6) is -1.58. The number of fused-ring (bicyclic) bond motifs is 1. The van der Waals surface area contributed by atoms with E-state index in [1.165, 1.54) is 6.92 Å². The minimum Gasteiger partial charge on any atom is -0.318 e. The Morgan fingerprint density at radius 1 is 1.44 bits per heavy atom. The zero-order valence-electron chi connectivity index (χ0n) is 8.04. The molecule has 0 saturated carbocycles. The Bertz CT molecular complexity index is 553. The summed E-state index contributed by atoms with van der Waals surface area (Å²) in [5, 5.41) is 12.9.